The summed E-state index contributed by atoms with van der Waals surface area (Å²) in [6.07, 6.45) is -0.865. The van der Waals surface area contributed by atoms with Crippen LogP contribution in [0.15, 0.2) is 65.8 Å². The van der Waals surface area contributed by atoms with Crippen LogP contribution in [0.1, 0.15) is 5.56 Å². The molecule has 2 N–H and O–H groups in total. The average molecular weight is 284 g/mol. The second-order valence-corrected chi connectivity index (χ2v) is 3.95. The number of rotatable bonds is 4. The van der Waals surface area contributed by atoms with Crippen LogP contribution < -0.4 is 10.2 Å². The van der Waals surface area contributed by atoms with Gasteiger partial charge in [0.2, 0.25) is 0 Å². The molecule has 0 fully saturated rings. The highest BCUT2D eigenvalue weighted by Crippen LogP contribution is 2.08. The summed E-state index contributed by atoms with van der Waals surface area (Å²) in [6, 6.07) is 16.6. The summed E-state index contributed by atoms with van der Waals surface area (Å²) in [5, 5.41) is 12.7. The zero-order valence-corrected chi connectivity index (χ0v) is 10.9. The number of benzene rings is 2. The van der Waals surface area contributed by atoms with Gasteiger partial charge in [0.1, 0.15) is 5.75 Å². The minimum atomic E-state index is -1.25. The molecule has 0 spiro atoms. The third-order valence-electron chi connectivity index (χ3n) is 2.46. The van der Waals surface area contributed by atoms with Crippen molar-refractivity contribution in [3.63, 3.8) is 0 Å². The molecule has 0 aromatic heterocycles. The van der Waals surface area contributed by atoms with E-state index in [0.717, 1.165) is 0 Å². The van der Waals surface area contributed by atoms with Gasteiger partial charge >= 0.3 is 12.1 Å². The van der Waals surface area contributed by atoms with Gasteiger partial charge in [-0.3, -0.25) is 0 Å². The van der Waals surface area contributed by atoms with Gasteiger partial charge in [-0.1, -0.05) is 48.5 Å². The maximum atomic E-state index is 11.5. The highest BCUT2D eigenvalue weighted by Gasteiger charge is 2.13. The maximum absolute atomic E-state index is 11.5. The van der Waals surface area contributed by atoms with Crippen LogP contribution >= 0.6 is 0 Å². The lowest BCUT2D eigenvalue weighted by Crippen LogP contribution is -2.26. The monoisotopic (exact) mass is 284 g/mol. The Morgan fingerprint density at radius 2 is 1.52 bits per heavy atom. The van der Waals surface area contributed by atoms with Crippen molar-refractivity contribution in [2.24, 2.45) is 5.10 Å². The number of nitrogens with one attached hydrogen (secondary N) is 1. The molecule has 0 unspecified atom stereocenters. The van der Waals surface area contributed by atoms with Crippen LogP contribution in [0.3, 0.4) is 0 Å². The molecule has 0 aliphatic carbocycles. The highest BCUT2D eigenvalue weighted by atomic mass is 16.6. The molecular weight excluding hydrogens is 272 g/mol. The highest BCUT2D eigenvalue weighted by molar-refractivity contribution is 6.42. The SMILES string of the molecule is O=C(NN=C(C(=O)O)c1ccccc1)Oc1ccccc1. The van der Waals surface area contributed by atoms with Crippen molar-refractivity contribution in [2.75, 3.05) is 0 Å². The summed E-state index contributed by atoms with van der Waals surface area (Å²) in [5.41, 5.74) is 2.16. The first-order valence-corrected chi connectivity index (χ1v) is 6.06. The molecule has 0 saturated carbocycles. The first kappa shape index (κ1) is 14.3. The number of amides is 1. The van der Waals surface area contributed by atoms with E-state index >= 15 is 0 Å². The molecular formula is C15H12N2O4. The molecule has 0 bridgehead atoms. The molecule has 0 saturated heterocycles. The predicted molar refractivity (Wildman–Crippen MR) is 76.2 cm³/mol. The standard InChI is InChI=1S/C15H12N2O4/c18-14(19)13(11-7-3-1-4-8-11)16-17-15(20)21-12-9-5-2-6-10-12/h1-10H,(H,17,20)(H,18,19). The van der Waals surface area contributed by atoms with Gasteiger partial charge in [-0.15, -0.1) is 0 Å². The fraction of sp³-hybridized carbons (Fsp3) is 0. The fourth-order valence-corrected chi connectivity index (χ4v) is 1.55. The van der Waals surface area contributed by atoms with E-state index in [4.69, 9.17) is 9.84 Å². The van der Waals surface area contributed by atoms with Crippen molar-refractivity contribution >= 4 is 17.8 Å². The Bertz CT molecular complexity index is 654. The van der Waals surface area contributed by atoms with Crippen LogP contribution in [0.4, 0.5) is 4.79 Å². The molecule has 0 atom stereocenters. The Kier molecular flexibility index (Phi) is 4.66. The van der Waals surface area contributed by atoms with Gasteiger partial charge in [-0.2, -0.15) is 5.10 Å². The Hall–Kier alpha value is -3.15. The number of para-hydroxylation sites is 1. The van der Waals surface area contributed by atoms with E-state index in [0.29, 0.717) is 11.3 Å². The van der Waals surface area contributed by atoms with E-state index in [-0.39, 0.29) is 5.71 Å². The number of carbonyl (C=O) groups excluding carboxylic acids is 1. The number of hydrogen-bond acceptors (Lipinski definition) is 4. The molecule has 6 heteroatoms. The first-order chi connectivity index (χ1) is 10.2. The van der Waals surface area contributed by atoms with Crippen molar-refractivity contribution in [1.82, 2.24) is 5.43 Å². The van der Waals surface area contributed by atoms with E-state index in [2.05, 4.69) is 10.5 Å². The van der Waals surface area contributed by atoms with Gasteiger partial charge < -0.3 is 9.84 Å². The van der Waals surface area contributed by atoms with E-state index in [1.807, 2.05) is 0 Å². The quantitative estimate of drug-likeness (QED) is 0.666. The van der Waals surface area contributed by atoms with E-state index in [1.54, 1.807) is 60.7 Å². The van der Waals surface area contributed by atoms with Crippen LogP contribution in [0.2, 0.25) is 0 Å². The molecule has 0 heterocycles. The van der Waals surface area contributed by atoms with Crippen LogP contribution in [0.5, 0.6) is 5.75 Å². The molecule has 2 aromatic carbocycles. The number of carboxylic acid groups (broad SMARTS) is 1. The van der Waals surface area contributed by atoms with Gasteiger partial charge in [-0.25, -0.2) is 15.0 Å². The van der Waals surface area contributed by atoms with E-state index in [9.17, 15) is 9.59 Å². The minimum absolute atomic E-state index is 0.277. The molecule has 106 valence electrons. The molecule has 21 heavy (non-hydrogen) atoms. The van der Waals surface area contributed by atoms with Crippen molar-refractivity contribution in [3.8, 4) is 5.75 Å². The van der Waals surface area contributed by atoms with Gasteiger partial charge in [0.05, 0.1) is 0 Å². The van der Waals surface area contributed by atoms with Crippen molar-refractivity contribution in [3.05, 3.63) is 66.2 Å². The molecule has 0 aliphatic heterocycles. The molecule has 0 radical (unpaired) electrons. The topological polar surface area (TPSA) is 88.0 Å². The zero-order chi connectivity index (χ0) is 15.1. The molecule has 0 aliphatic rings. The number of aliphatic carboxylic acids is 1. The average Bonchev–Trinajstić information content (AvgIpc) is 2.49. The lowest BCUT2D eigenvalue weighted by Gasteiger charge is -2.04. The number of hydrogen-bond donors (Lipinski definition) is 2. The summed E-state index contributed by atoms with van der Waals surface area (Å²) in [4.78, 5) is 22.7. The molecule has 6 nitrogen and oxygen atoms in total. The van der Waals surface area contributed by atoms with Crippen LogP contribution in [0.25, 0.3) is 0 Å². The predicted octanol–water partition coefficient (Wildman–Crippen LogP) is 2.26. The minimum Gasteiger partial charge on any atom is -0.476 e. The van der Waals surface area contributed by atoms with Gasteiger partial charge in [0, 0.05) is 5.56 Å². The van der Waals surface area contributed by atoms with Crippen LogP contribution in [-0.2, 0) is 4.79 Å². The third-order valence-corrected chi connectivity index (χ3v) is 2.46. The third kappa shape index (κ3) is 4.17. The van der Waals surface area contributed by atoms with E-state index < -0.39 is 12.1 Å². The number of nitrogens with zero attached hydrogens (tertiary/aromatic N) is 1. The van der Waals surface area contributed by atoms with Crippen molar-refractivity contribution < 1.29 is 19.4 Å². The van der Waals surface area contributed by atoms with Crippen molar-refractivity contribution in [1.29, 1.82) is 0 Å². The van der Waals surface area contributed by atoms with Gasteiger partial charge in [0.15, 0.2) is 5.71 Å². The number of ether oxygens (including phenoxy) is 1. The smallest absolute Gasteiger partial charge is 0.433 e. The summed E-state index contributed by atoms with van der Waals surface area (Å²) >= 11 is 0. The number of carboxylic acids is 1. The number of carbonyl (C=O) groups is 2. The lowest BCUT2D eigenvalue weighted by molar-refractivity contribution is -0.129. The summed E-state index contributed by atoms with van der Waals surface area (Å²) in [7, 11) is 0. The molecule has 2 aromatic rings. The maximum Gasteiger partial charge on any atom is 0.433 e. The summed E-state index contributed by atoms with van der Waals surface area (Å²) in [6.45, 7) is 0. The fourth-order valence-electron chi connectivity index (χ4n) is 1.55. The summed E-state index contributed by atoms with van der Waals surface area (Å²) in [5.74, 6) is -0.914. The van der Waals surface area contributed by atoms with Crippen LogP contribution in [0, 0.1) is 0 Å². The number of hydrazone groups is 1. The normalized spacial score (nSPS) is 10.8. The Morgan fingerprint density at radius 3 is 2.10 bits per heavy atom. The Balaban J connectivity index is 2.07. The van der Waals surface area contributed by atoms with Gasteiger partial charge in [-0.05, 0) is 12.1 Å². The van der Waals surface area contributed by atoms with E-state index in [1.165, 1.54) is 0 Å². The summed E-state index contributed by atoms with van der Waals surface area (Å²) < 4.78 is 4.93. The Morgan fingerprint density at radius 1 is 0.952 bits per heavy atom. The molecule has 1 amide bonds. The van der Waals surface area contributed by atoms with Gasteiger partial charge in [0.25, 0.3) is 0 Å². The molecule has 2 rings (SSSR count). The Labute approximate surface area is 120 Å². The second-order valence-electron chi connectivity index (χ2n) is 3.95. The lowest BCUT2D eigenvalue weighted by atomic mass is 10.1. The van der Waals surface area contributed by atoms with Crippen molar-refractivity contribution in [2.45, 2.75) is 0 Å². The second kappa shape index (κ2) is 6.85. The van der Waals surface area contributed by atoms with Crippen LogP contribution in [-0.4, -0.2) is 22.9 Å². The first-order valence-electron chi connectivity index (χ1n) is 6.06. The largest absolute Gasteiger partial charge is 0.476 e. The zero-order valence-electron chi connectivity index (χ0n) is 10.9.